The van der Waals surface area contributed by atoms with Crippen molar-refractivity contribution in [1.82, 2.24) is 14.9 Å². The number of rotatable bonds is 3. The van der Waals surface area contributed by atoms with Gasteiger partial charge in [0.05, 0.1) is 0 Å². The quantitative estimate of drug-likeness (QED) is 0.848. The first kappa shape index (κ1) is 12.1. The third-order valence-corrected chi connectivity index (χ3v) is 3.11. The highest BCUT2D eigenvalue weighted by atomic mass is 15.2. The van der Waals surface area contributed by atoms with Gasteiger partial charge in [0, 0.05) is 26.3 Å². The summed E-state index contributed by atoms with van der Waals surface area (Å²) in [6, 6.07) is 2.47. The van der Waals surface area contributed by atoms with E-state index in [0.717, 1.165) is 24.9 Å². The van der Waals surface area contributed by atoms with Crippen molar-refractivity contribution in [3.05, 3.63) is 12.3 Å². The van der Waals surface area contributed by atoms with Gasteiger partial charge in [0.25, 0.3) is 0 Å². The van der Waals surface area contributed by atoms with Gasteiger partial charge in [-0.1, -0.05) is 0 Å². The molecule has 2 heterocycles. The molecule has 17 heavy (non-hydrogen) atoms. The fraction of sp³-hybridized carbons (Fsp3) is 0.667. The third-order valence-electron chi connectivity index (χ3n) is 3.11. The molecular formula is C12H21N5. The molecule has 1 aliphatic rings. The van der Waals surface area contributed by atoms with Crippen molar-refractivity contribution < 1.29 is 0 Å². The standard InChI is InChI=1S/C12H21N5/c1-16(2)12-13-7-4-11(15-12)14-10-5-8-17(3)9-6-10/h4,7,10H,5-6,8-9H2,1-3H3,(H,13,14,15). The smallest absolute Gasteiger partial charge is 0.226 e. The molecule has 0 bridgehead atoms. The zero-order valence-electron chi connectivity index (χ0n) is 10.8. The fourth-order valence-electron chi connectivity index (χ4n) is 2.01. The Morgan fingerprint density at radius 1 is 1.35 bits per heavy atom. The van der Waals surface area contributed by atoms with Crippen molar-refractivity contribution in [3.8, 4) is 0 Å². The van der Waals surface area contributed by atoms with Crippen LogP contribution in [0.4, 0.5) is 11.8 Å². The molecule has 1 aromatic heterocycles. The van der Waals surface area contributed by atoms with Gasteiger partial charge >= 0.3 is 0 Å². The first-order valence-corrected chi connectivity index (χ1v) is 6.10. The summed E-state index contributed by atoms with van der Waals surface area (Å²) in [6.45, 7) is 2.31. The van der Waals surface area contributed by atoms with Crippen LogP contribution in [0.3, 0.4) is 0 Å². The minimum absolute atomic E-state index is 0.538. The number of piperidine rings is 1. The van der Waals surface area contributed by atoms with E-state index in [1.54, 1.807) is 6.20 Å². The number of anilines is 2. The van der Waals surface area contributed by atoms with E-state index in [1.165, 1.54) is 12.8 Å². The molecule has 0 spiro atoms. The Morgan fingerprint density at radius 3 is 2.71 bits per heavy atom. The van der Waals surface area contributed by atoms with Gasteiger partial charge < -0.3 is 15.1 Å². The molecule has 0 aromatic carbocycles. The SMILES string of the molecule is CN1CCC(Nc2ccnc(N(C)C)n2)CC1. The summed E-state index contributed by atoms with van der Waals surface area (Å²) in [5.74, 6) is 1.68. The van der Waals surface area contributed by atoms with E-state index in [0.29, 0.717) is 6.04 Å². The normalized spacial score (nSPS) is 18.1. The van der Waals surface area contributed by atoms with E-state index in [4.69, 9.17) is 0 Å². The van der Waals surface area contributed by atoms with Crippen LogP contribution < -0.4 is 10.2 Å². The number of aromatic nitrogens is 2. The molecule has 0 saturated carbocycles. The zero-order chi connectivity index (χ0) is 12.3. The van der Waals surface area contributed by atoms with Gasteiger partial charge in [-0.2, -0.15) is 4.98 Å². The van der Waals surface area contributed by atoms with E-state index in [-0.39, 0.29) is 0 Å². The van der Waals surface area contributed by atoms with Crippen LogP contribution in [0.2, 0.25) is 0 Å². The summed E-state index contributed by atoms with van der Waals surface area (Å²) in [5.41, 5.74) is 0. The molecule has 94 valence electrons. The Balaban J connectivity index is 1.96. The van der Waals surface area contributed by atoms with Gasteiger partial charge in [-0.3, -0.25) is 0 Å². The predicted molar refractivity (Wildman–Crippen MR) is 70.5 cm³/mol. The number of hydrogen-bond donors (Lipinski definition) is 1. The average Bonchev–Trinajstić information content (AvgIpc) is 2.32. The highest BCUT2D eigenvalue weighted by Gasteiger charge is 2.16. The van der Waals surface area contributed by atoms with Gasteiger partial charge in [0.15, 0.2) is 0 Å². The van der Waals surface area contributed by atoms with E-state index in [2.05, 4.69) is 27.2 Å². The Morgan fingerprint density at radius 2 is 2.06 bits per heavy atom. The molecule has 1 N–H and O–H groups in total. The van der Waals surface area contributed by atoms with Crippen LogP contribution in [-0.2, 0) is 0 Å². The number of likely N-dealkylation sites (tertiary alicyclic amines) is 1. The maximum Gasteiger partial charge on any atom is 0.226 e. The summed E-state index contributed by atoms with van der Waals surface area (Å²) < 4.78 is 0. The molecule has 0 radical (unpaired) electrons. The predicted octanol–water partition coefficient (Wildman–Crippen LogP) is 1.05. The molecule has 2 rings (SSSR count). The van der Waals surface area contributed by atoms with Gasteiger partial charge in [-0.25, -0.2) is 4.98 Å². The second kappa shape index (κ2) is 5.31. The van der Waals surface area contributed by atoms with Crippen LogP contribution in [0.5, 0.6) is 0 Å². The maximum absolute atomic E-state index is 4.48. The summed E-state index contributed by atoms with van der Waals surface area (Å²) in [4.78, 5) is 13.0. The summed E-state index contributed by atoms with van der Waals surface area (Å²) in [5, 5.41) is 3.49. The summed E-state index contributed by atoms with van der Waals surface area (Å²) in [6.07, 6.45) is 4.16. The van der Waals surface area contributed by atoms with Crippen molar-refractivity contribution >= 4 is 11.8 Å². The van der Waals surface area contributed by atoms with E-state index >= 15 is 0 Å². The van der Waals surface area contributed by atoms with Gasteiger partial charge in [0.1, 0.15) is 5.82 Å². The van der Waals surface area contributed by atoms with Gasteiger partial charge in [0.2, 0.25) is 5.95 Å². The van der Waals surface area contributed by atoms with Crippen molar-refractivity contribution in [3.63, 3.8) is 0 Å². The largest absolute Gasteiger partial charge is 0.367 e. The highest BCUT2D eigenvalue weighted by molar-refractivity contribution is 5.41. The fourth-order valence-corrected chi connectivity index (χ4v) is 2.01. The lowest BCUT2D eigenvalue weighted by Crippen LogP contribution is -2.36. The zero-order valence-corrected chi connectivity index (χ0v) is 10.8. The van der Waals surface area contributed by atoms with Crippen LogP contribution in [-0.4, -0.2) is 55.1 Å². The molecule has 5 heteroatoms. The maximum atomic E-state index is 4.48. The van der Waals surface area contributed by atoms with E-state index < -0.39 is 0 Å². The Hall–Kier alpha value is -1.36. The van der Waals surface area contributed by atoms with Crippen LogP contribution in [0.25, 0.3) is 0 Å². The summed E-state index contributed by atoms with van der Waals surface area (Å²) in [7, 11) is 6.08. The van der Waals surface area contributed by atoms with E-state index in [9.17, 15) is 0 Å². The van der Waals surface area contributed by atoms with Crippen molar-refractivity contribution in [2.24, 2.45) is 0 Å². The lowest BCUT2D eigenvalue weighted by Gasteiger charge is -2.29. The average molecular weight is 235 g/mol. The second-order valence-corrected chi connectivity index (χ2v) is 4.86. The topological polar surface area (TPSA) is 44.3 Å². The highest BCUT2D eigenvalue weighted by Crippen LogP contribution is 2.15. The number of nitrogens with one attached hydrogen (secondary N) is 1. The molecule has 0 unspecified atom stereocenters. The third kappa shape index (κ3) is 3.30. The molecular weight excluding hydrogens is 214 g/mol. The Bertz CT molecular complexity index is 358. The minimum atomic E-state index is 0.538. The lowest BCUT2D eigenvalue weighted by molar-refractivity contribution is 0.263. The molecule has 0 aliphatic carbocycles. The molecule has 1 aromatic rings. The second-order valence-electron chi connectivity index (χ2n) is 4.86. The molecule has 1 saturated heterocycles. The first-order chi connectivity index (χ1) is 8.15. The molecule has 5 nitrogen and oxygen atoms in total. The summed E-state index contributed by atoms with van der Waals surface area (Å²) >= 11 is 0. The molecule has 1 aliphatic heterocycles. The van der Waals surface area contributed by atoms with Crippen molar-refractivity contribution in [2.45, 2.75) is 18.9 Å². The van der Waals surface area contributed by atoms with Crippen molar-refractivity contribution in [1.29, 1.82) is 0 Å². The molecule has 1 fully saturated rings. The molecule has 0 amide bonds. The van der Waals surface area contributed by atoms with Crippen LogP contribution >= 0.6 is 0 Å². The monoisotopic (exact) mass is 235 g/mol. The minimum Gasteiger partial charge on any atom is -0.367 e. The molecule has 0 atom stereocenters. The van der Waals surface area contributed by atoms with E-state index in [1.807, 2.05) is 25.1 Å². The van der Waals surface area contributed by atoms with Gasteiger partial charge in [-0.05, 0) is 39.0 Å². The number of hydrogen-bond acceptors (Lipinski definition) is 5. The van der Waals surface area contributed by atoms with Crippen LogP contribution in [0.1, 0.15) is 12.8 Å². The van der Waals surface area contributed by atoms with Crippen LogP contribution in [0, 0.1) is 0 Å². The van der Waals surface area contributed by atoms with Gasteiger partial charge in [-0.15, -0.1) is 0 Å². The Kier molecular flexibility index (Phi) is 3.78. The lowest BCUT2D eigenvalue weighted by atomic mass is 10.1. The first-order valence-electron chi connectivity index (χ1n) is 6.10. The Labute approximate surface area is 103 Å². The number of nitrogens with zero attached hydrogens (tertiary/aromatic N) is 4. The van der Waals surface area contributed by atoms with Crippen molar-refractivity contribution in [2.75, 3.05) is 44.4 Å². The van der Waals surface area contributed by atoms with Crippen LogP contribution in [0.15, 0.2) is 12.3 Å².